The van der Waals surface area contributed by atoms with Gasteiger partial charge < -0.3 is 4.90 Å². The van der Waals surface area contributed by atoms with E-state index in [1.807, 2.05) is 4.90 Å². The quantitative estimate of drug-likeness (QED) is 0.0641. The molecule has 0 radical (unpaired) electrons. The van der Waals surface area contributed by atoms with Gasteiger partial charge in [0.05, 0.1) is 0 Å². The summed E-state index contributed by atoms with van der Waals surface area (Å²) >= 11 is 0. The Morgan fingerprint density at radius 2 is 0.895 bits per heavy atom. The van der Waals surface area contributed by atoms with Gasteiger partial charge in [-0.2, -0.15) is 5.26 Å². The average Bonchev–Trinajstić information content (AvgIpc) is 2.91. The van der Waals surface area contributed by atoms with E-state index in [1.54, 1.807) is 0 Å². The van der Waals surface area contributed by atoms with E-state index in [0.29, 0.717) is 5.41 Å². The van der Waals surface area contributed by atoms with Crippen LogP contribution >= 0.6 is 0 Å². The Labute approximate surface area is 238 Å². The molecule has 216 valence electrons. The van der Waals surface area contributed by atoms with Crippen LogP contribution in [-0.4, -0.2) is 18.0 Å². The van der Waals surface area contributed by atoms with Crippen LogP contribution in [0.25, 0.3) is 0 Å². The Morgan fingerprint density at radius 3 is 1.29 bits per heavy atom. The van der Waals surface area contributed by atoms with E-state index in [0.717, 1.165) is 25.9 Å². The van der Waals surface area contributed by atoms with Gasteiger partial charge in [0.2, 0.25) is 0 Å². The summed E-state index contributed by atoms with van der Waals surface area (Å²) in [6, 6.07) is 0. The first-order chi connectivity index (χ1) is 18.8. The summed E-state index contributed by atoms with van der Waals surface area (Å²) in [4.78, 5) is 1.97. The lowest BCUT2D eigenvalue weighted by Crippen LogP contribution is -2.53. The Kier molecular flexibility index (Phi) is 23.0. The topological polar surface area (TPSA) is 27.0 Å². The van der Waals surface area contributed by atoms with Crippen molar-refractivity contribution in [2.45, 2.75) is 155 Å². The maximum atomic E-state index is 9.26. The van der Waals surface area contributed by atoms with E-state index in [4.69, 9.17) is 0 Å². The molecule has 1 fully saturated rings. The van der Waals surface area contributed by atoms with Gasteiger partial charge in [0.1, 0.15) is 0 Å². The Bertz CT molecular complexity index is 626. The van der Waals surface area contributed by atoms with Crippen LogP contribution in [0.5, 0.6) is 0 Å². The highest BCUT2D eigenvalue weighted by Gasteiger charge is 2.41. The summed E-state index contributed by atoms with van der Waals surface area (Å²) in [6.07, 6.45) is 49.5. The van der Waals surface area contributed by atoms with Crippen molar-refractivity contribution in [2.75, 3.05) is 13.1 Å². The molecule has 0 aromatic rings. The van der Waals surface area contributed by atoms with Gasteiger partial charge in [0.25, 0.3) is 0 Å². The summed E-state index contributed by atoms with van der Waals surface area (Å²) in [6.45, 7) is 6.53. The minimum absolute atomic E-state index is 0.441. The molecule has 0 bridgehead atoms. The molecule has 0 saturated carbocycles. The van der Waals surface area contributed by atoms with E-state index in [9.17, 15) is 5.26 Å². The van der Waals surface area contributed by atoms with Gasteiger partial charge in [-0.1, -0.05) is 140 Å². The second kappa shape index (κ2) is 25.5. The largest absolute Gasteiger partial charge is 0.309 e. The van der Waals surface area contributed by atoms with Gasteiger partial charge in [-0.05, 0) is 64.2 Å². The smallest absolute Gasteiger partial charge is 0.179 e. The minimum atomic E-state index is 0.441. The van der Waals surface area contributed by atoms with E-state index in [-0.39, 0.29) is 0 Å². The predicted molar refractivity (Wildman–Crippen MR) is 169 cm³/mol. The SMILES string of the molecule is CCCC/C=C/C/C=C/CCCCCCCC1(CCCCCCC/C=C/C/C=C/CCCC)CN(C#N)C1. The fraction of sp³-hybridized carbons (Fsp3) is 0.750. The van der Waals surface area contributed by atoms with Crippen LogP contribution < -0.4 is 0 Å². The molecule has 1 aliphatic rings. The highest BCUT2D eigenvalue weighted by molar-refractivity contribution is 4.99. The lowest BCUT2D eigenvalue weighted by atomic mass is 9.72. The monoisotopic (exact) mass is 522 g/mol. The standard InChI is InChI=1S/C36H62N2/c1-3-5-7-9-11-13-15-17-19-21-23-25-27-29-31-36(33-38(34-36)35-37)32-30-28-26-24-22-20-18-16-14-12-10-8-6-4-2/h9-12,15-18H,3-8,13-14,19-34H2,1-2H3/b11-9+,12-10+,17-15+,18-16+. The average molecular weight is 523 g/mol. The molecule has 1 heterocycles. The zero-order valence-corrected chi connectivity index (χ0v) is 25.5. The molecule has 1 rings (SSSR count). The molecule has 2 nitrogen and oxygen atoms in total. The third-order valence-electron chi connectivity index (χ3n) is 8.01. The van der Waals surface area contributed by atoms with E-state index in [2.05, 4.69) is 68.6 Å². The summed E-state index contributed by atoms with van der Waals surface area (Å²) < 4.78 is 0. The fourth-order valence-corrected chi connectivity index (χ4v) is 5.52. The minimum Gasteiger partial charge on any atom is -0.309 e. The summed E-state index contributed by atoms with van der Waals surface area (Å²) in [5, 5.41) is 9.26. The van der Waals surface area contributed by atoms with Crippen molar-refractivity contribution in [3.63, 3.8) is 0 Å². The molecule has 1 saturated heterocycles. The van der Waals surface area contributed by atoms with Crippen molar-refractivity contribution in [3.05, 3.63) is 48.6 Å². The number of nitriles is 1. The molecule has 0 unspecified atom stereocenters. The fourth-order valence-electron chi connectivity index (χ4n) is 5.52. The first-order valence-electron chi connectivity index (χ1n) is 16.5. The van der Waals surface area contributed by atoms with Crippen LogP contribution in [0.3, 0.4) is 0 Å². The van der Waals surface area contributed by atoms with Crippen LogP contribution in [-0.2, 0) is 0 Å². The van der Waals surface area contributed by atoms with Gasteiger partial charge in [0, 0.05) is 18.5 Å². The molecular formula is C36H62N2. The first kappa shape index (κ1) is 34.3. The van der Waals surface area contributed by atoms with Crippen molar-refractivity contribution in [1.29, 1.82) is 5.26 Å². The normalized spacial score (nSPS) is 15.3. The van der Waals surface area contributed by atoms with Gasteiger partial charge in [0.15, 0.2) is 6.19 Å². The maximum absolute atomic E-state index is 9.26. The van der Waals surface area contributed by atoms with Crippen molar-refractivity contribution in [2.24, 2.45) is 5.41 Å². The van der Waals surface area contributed by atoms with Gasteiger partial charge >= 0.3 is 0 Å². The van der Waals surface area contributed by atoms with Crippen LogP contribution in [0.4, 0.5) is 0 Å². The molecule has 0 N–H and O–H groups in total. The second-order valence-electron chi connectivity index (χ2n) is 11.7. The summed E-state index contributed by atoms with van der Waals surface area (Å²) in [7, 11) is 0. The highest BCUT2D eigenvalue weighted by atomic mass is 15.2. The van der Waals surface area contributed by atoms with E-state index < -0.39 is 0 Å². The Balaban J connectivity index is 2.02. The first-order valence-corrected chi connectivity index (χ1v) is 16.5. The van der Waals surface area contributed by atoms with Crippen LogP contribution in [0.15, 0.2) is 48.6 Å². The third kappa shape index (κ3) is 19.3. The van der Waals surface area contributed by atoms with Crippen molar-refractivity contribution in [3.8, 4) is 6.19 Å². The van der Waals surface area contributed by atoms with Crippen LogP contribution in [0.2, 0.25) is 0 Å². The van der Waals surface area contributed by atoms with Crippen molar-refractivity contribution < 1.29 is 0 Å². The Hall–Kier alpha value is -1.75. The van der Waals surface area contributed by atoms with Gasteiger partial charge in [-0.25, -0.2) is 0 Å². The van der Waals surface area contributed by atoms with Gasteiger partial charge in [-0.15, -0.1) is 0 Å². The molecule has 2 heteroatoms. The molecule has 0 aromatic heterocycles. The number of allylic oxidation sites excluding steroid dienone is 8. The number of rotatable bonds is 26. The molecule has 38 heavy (non-hydrogen) atoms. The predicted octanol–water partition coefficient (Wildman–Crippen LogP) is 11.6. The number of hydrogen-bond acceptors (Lipinski definition) is 2. The van der Waals surface area contributed by atoms with E-state index in [1.165, 1.54) is 128 Å². The number of hydrogen-bond donors (Lipinski definition) is 0. The molecule has 0 aliphatic carbocycles. The molecule has 0 atom stereocenters. The van der Waals surface area contributed by atoms with Crippen LogP contribution in [0, 0.1) is 16.9 Å². The summed E-state index contributed by atoms with van der Waals surface area (Å²) in [5.41, 5.74) is 0.441. The molecule has 1 aliphatic heterocycles. The second-order valence-corrected chi connectivity index (χ2v) is 11.7. The molecular weight excluding hydrogens is 460 g/mol. The zero-order chi connectivity index (χ0) is 27.4. The molecule has 0 amide bonds. The summed E-state index contributed by atoms with van der Waals surface area (Å²) in [5.74, 6) is 0. The Morgan fingerprint density at radius 1 is 0.526 bits per heavy atom. The highest BCUT2D eigenvalue weighted by Crippen LogP contribution is 2.40. The van der Waals surface area contributed by atoms with Crippen molar-refractivity contribution in [1.82, 2.24) is 4.90 Å². The molecule has 0 aromatic carbocycles. The van der Waals surface area contributed by atoms with Gasteiger partial charge in [-0.3, -0.25) is 0 Å². The zero-order valence-electron chi connectivity index (χ0n) is 25.5. The third-order valence-corrected chi connectivity index (χ3v) is 8.01. The number of likely N-dealkylation sites (tertiary alicyclic amines) is 1. The number of unbranched alkanes of at least 4 members (excludes halogenated alkanes) is 14. The lowest BCUT2D eigenvalue weighted by Gasteiger charge is -2.48. The molecule has 0 spiro atoms. The van der Waals surface area contributed by atoms with E-state index >= 15 is 0 Å². The number of nitrogens with zero attached hydrogens (tertiary/aromatic N) is 2. The van der Waals surface area contributed by atoms with Crippen molar-refractivity contribution >= 4 is 0 Å². The lowest BCUT2D eigenvalue weighted by molar-refractivity contribution is 0.0250. The maximum Gasteiger partial charge on any atom is 0.179 e. The van der Waals surface area contributed by atoms with Crippen LogP contribution in [0.1, 0.15) is 155 Å².